The van der Waals surface area contributed by atoms with Crippen LogP contribution in [0, 0.1) is 10.5 Å². The molecule has 0 saturated heterocycles. The Morgan fingerprint density at radius 1 is 0.892 bits per heavy atom. The van der Waals surface area contributed by atoms with E-state index in [1.165, 1.54) is 4.31 Å². The number of carbonyl (C=O) groups excluding carboxylic acids is 1. The van der Waals surface area contributed by atoms with Crippen LogP contribution < -0.4 is 14.4 Å². The number of ether oxygens (including phenoxy) is 1. The van der Waals surface area contributed by atoms with E-state index in [4.69, 9.17) is 16.3 Å². The van der Waals surface area contributed by atoms with Gasteiger partial charge < -0.3 is 10.1 Å². The number of nitrogens with one attached hydrogen (secondary N) is 1. The van der Waals surface area contributed by atoms with Crippen molar-refractivity contribution in [1.29, 1.82) is 0 Å². The van der Waals surface area contributed by atoms with Crippen molar-refractivity contribution in [3.63, 3.8) is 0 Å². The summed E-state index contributed by atoms with van der Waals surface area (Å²) in [6.45, 7) is 1.84. The Bertz CT molecular complexity index is 1460. The van der Waals surface area contributed by atoms with Crippen LogP contribution in [-0.4, -0.2) is 20.9 Å². The van der Waals surface area contributed by atoms with Gasteiger partial charge in [0.15, 0.2) is 6.61 Å². The van der Waals surface area contributed by atoms with E-state index in [-0.39, 0.29) is 24.0 Å². The zero-order valence-corrected chi connectivity index (χ0v) is 23.6. The van der Waals surface area contributed by atoms with Gasteiger partial charge in [-0.2, -0.15) is 0 Å². The van der Waals surface area contributed by atoms with Crippen molar-refractivity contribution in [1.82, 2.24) is 0 Å². The summed E-state index contributed by atoms with van der Waals surface area (Å²) in [6.07, 6.45) is 0. The van der Waals surface area contributed by atoms with E-state index in [0.717, 1.165) is 14.7 Å². The molecule has 0 unspecified atom stereocenters. The Morgan fingerprint density at radius 2 is 1.51 bits per heavy atom. The molecule has 0 atom stereocenters. The highest BCUT2D eigenvalue weighted by molar-refractivity contribution is 14.1. The van der Waals surface area contributed by atoms with Crippen LogP contribution in [0.4, 0.5) is 11.4 Å². The van der Waals surface area contributed by atoms with Gasteiger partial charge in [-0.05, 0) is 108 Å². The SMILES string of the molecule is Cc1ccc(S(=O)(=O)N(Cc2ccc(Cl)cc2)c2ccc(OCC(=O)Nc3ccc(I)cc3)cc2)cc1. The van der Waals surface area contributed by atoms with Crippen LogP contribution in [0.25, 0.3) is 0 Å². The molecule has 190 valence electrons. The molecule has 0 fully saturated rings. The highest BCUT2D eigenvalue weighted by Gasteiger charge is 2.25. The van der Waals surface area contributed by atoms with Gasteiger partial charge in [0.25, 0.3) is 15.9 Å². The van der Waals surface area contributed by atoms with Crippen molar-refractivity contribution < 1.29 is 17.9 Å². The molecule has 1 amide bonds. The lowest BCUT2D eigenvalue weighted by Gasteiger charge is -2.25. The summed E-state index contributed by atoms with van der Waals surface area (Å²) in [5, 5.41) is 3.35. The van der Waals surface area contributed by atoms with E-state index in [1.54, 1.807) is 72.8 Å². The van der Waals surface area contributed by atoms with E-state index in [9.17, 15) is 13.2 Å². The highest BCUT2D eigenvalue weighted by atomic mass is 127. The van der Waals surface area contributed by atoms with E-state index < -0.39 is 10.0 Å². The number of carbonyl (C=O) groups is 1. The summed E-state index contributed by atoms with van der Waals surface area (Å²) < 4.78 is 35.3. The van der Waals surface area contributed by atoms with E-state index in [1.807, 2.05) is 31.2 Å². The Balaban J connectivity index is 1.51. The molecule has 0 aromatic heterocycles. The monoisotopic (exact) mass is 646 g/mol. The fourth-order valence-corrected chi connectivity index (χ4v) is 5.43. The largest absolute Gasteiger partial charge is 0.484 e. The predicted octanol–water partition coefficient (Wildman–Crippen LogP) is 6.67. The van der Waals surface area contributed by atoms with Gasteiger partial charge >= 0.3 is 0 Å². The summed E-state index contributed by atoms with van der Waals surface area (Å²) in [6, 6.07) is 27.8. The molecule has 0 aliphatic heterocycles. The zero-order valence-electron chi connectivity index (χ0n) is 19.9. The number of rotatable bonds is 9. The first-order chi connectivity index (χ1) is 17.7. The predicted molar refractivity (Wildman–Crippen MR) is 156 cm³/mol. The van der Waals surface area contributed by atoms with Gasteiger partial charge in [0.1, 0.15) is 5.75 Å². The van der Waals surface area contributed by atoms with Crippen LogP contribution in [0.1, 0.15) is 11.1 Å². The molecule has 0 heterocycles. The van der Waals surface area contributed by atoms with Crippen molar-refractivity contribution in [3.05, 3.63) is 117 Å². The number of nitrogens with zero attached hydrogens (tertiary/aromatic N) is 1. The molecule has 9 heteroatoms. The molecule has 4 aromatic rings. The molecule has 0 saturated carbocycles. The molecular weight excluding hydrogens is 623 g/mol. The summed E-state index contributed by atoms with van der Waals surface area (Å²) >= 11 is 8.21. The van der Waals surface area contributed by atoms with Crippen molar-refractivity contribution >= 4 is 61.5 Å². The maximum atomic E-state index is 13.6. The highest BCUT2D eigenvalue weighted by Crippen LogP contribution is 2.28. The van der Waals surface area contributed by atoms with Gasteiger partial charge in [-0.15, -0.1) is 0 Å². The minimum absolute atomic E-state index is 0.117. The summed E-state index contributed by atoms with van der Waals surface area (Å²) in [4.78, 5) is 12.4. The van der Waals surface area contributed by atoms with Gasteiger partial charge in [-0.1, -0.05) is 41.4 Å². The molecule has 0 aliphatic rings. The first-order valence-corrected chi connectivity index (χ1v) is 14.2. The first kappa shape index (κ1) is 27.0. The summed E-state index contributed by atoms with van der Waals surface area (Å²) in [5.41, 5.74) is 2.90. The summed E-state index contributed by atoms with van der Waals surface area (Å²) in [5.74, 6) is 0.150. The Labute approximate surface area is 235 Å². The van der Waals surface area contributed by atoms with Crippen LogP contribution >= 0.6 is 34.2 Å². The molecule has 0 aliphatic carbocycles. The average molecular weight is 647 g/mol. The Kier molecular flexibility index (Phi) is 8.73. The normalized spacial score (nSPS) is 11.1. The van der Waals surface area contributed by atoms with Crippen molar-refractivity contribution in [2.45, 2.75) is 18.4 Å². The topological polar surface area (TPSA) is 75.7 Å². The van der Waals surface area contributed by atoms with Crippen LogP contribution in [0.5, 0.6) is 5.75 Å². The van der Waals surface area contributed by atoms with Crippen LogP contribution in [-0.2, 0) is 21.4 Å². The molecular formula is C28H24ClIN2O4S. The van der Waals surface area contributed by atoms with Crippen LogP contribution in [0.15, 0.2) is 102 Å². The Morgan fingerprint density at radius 3 is 2.14 bits per heavy atom. The number of halogens is 2. The first-order valence-electron chi connectivity index (χ1n) is 11.3. The lowest BCUT2D eigenvalue weighted by Crippen LogP contribution is -2.30. The fourth-order valence-electron chi connectivity index (χ4n) is 3.50. The van der Waals surface area contributed by atoms with E-state index in [2.05, 4.69) is 27.9 Å². The molecule has 4 rings (SSSR count). The third-order valence-electron chi connectivity index (χ3n) is 5.47. The maximum absolute atomic E-state index is 13.6. The number of sulfonamides is 1. The van der Waals surface area contributed by atoms with Crippen molar-refractivity contribution in [2.24, 2.45) is 0 Å². The third-order valence-corrected chi connectivity index (χ3v) is 8.23. The number of benzene rings is 4. The van der Waals surface area contributed by atoms with E-state index >= 15 is 0 Å². The van der Waals surface area contributed by atoms with Gasteiger partial charge in [0.2, 0.25) is 0 Å². The number of anilines is 2. The zero-order chi connectivity index (χ0) is 26.4. The average Bonchev–Trinajstić information content (AvgIpc) is 2.89. The lowest BCUT2D eigenvalue weighted by atomic mass is 10.2. The smallest absolute Gasteiger partial charge is 0.264 e. The number of aryl methyl sites for hydroxylation is 1. The molecule has 0 bridgehead atoms. The minimum Gasteiger partial charge on any atom is -0.484 e. The number of hydrogen-bond acceptors (Lipinski definition) is 4. The molecule has 4 aromatic carbocycles. The fraction of sp³-hybridized carbons (Fsp3) is 0.107. The van der Waals surface area contributed by atoms with Crippen LogP contribution in [0.3, 0.4) is 0 Å². The molecule has 6 nitrogen and oxygen atoms in total. The second-order valence-corrected chi connectivity index (χ2v) is 11.8. The molecule has 37 heavy (non-hydrogen) atoms. The van der Waals surface area contributed by atoms with Gasteiger partial charge in [0, 0.05) is 14.3 Å². The van der Waals surface area contributed by atoms with Gasteiger partial charge in [-0.3, -0.25) is 9.10 Å². The molecule has 1 N–H and O–H groups in total. The van der Waals surface area contributed by atoms with Crippen molar-refractivity contribution in [3.8, 4) is 5.75 Å². The van der Waals surface area contributed by atoms with E-state index in [0.29, 0.717) is 22.1 Å². The van der Waals surface area contributed by atoms with Crippen LogP contribution in [0.2, 0.25) is 5.02 Å². The molecule has 0 spiro atoms. The third kappa shape index (κ3) is 7.24. The maximum Gasteiger partial charge on any atom is 0.264 e. The lowest BCUT2D eigenvalue weighted by molar-refractivity contribution is -0.118. The van der Waals surface area contributed by atoms with Crippen molar-refractivity contribution in [2.75, 3.05) is 16.2 Å². The molecule has 0 radical (unpaired) electrons. The second-order valence-electron chi connectivity index (χ2n) is 8.29. The number of amides is 1. The van der Waals surface area contributed by atoms with Gasteiger partial charge in [-0.25, -0.2) is 8.42 Å². The second kappa shape index (κ2) is 12.0. The number of hydrogen-bond donors (Lipinski definition) is 1. The quantitative estimate of drug-likeness (QED) is 0.206. The Hall–Kier alpha value is -3.08. The van der Waals surface area contributed by atoms with Gasteiger partial charge in [0.05, 0.1) is 17.1 Å². The summed E-state index contributed by atoms with van der Waals surface area (Å²) in [7, 11) is -3.86. The standard InChI is InChI=1S/C28H24ClIN2O4S/c1-20-2-16-27(17-3-20)37(34,35)32(18-21-4-6-22(29)7-5-21)25-12-14-26(15-13-25)36-19-28(33)31-24-10-8-23(30)9-11-24/h2-17H,18-19H2,1H3,(H,31,33). The minimum atomic E-state index is -3.86.